The van der Waals surface area contributed by atoms with Gasteiger partial charge in [-0.05, 0) is 35.9 Å². The Morgan fingerprint density at radius 2 is 1.79 bits per heavy atom. The second-order valence-electron chi connectivity index (χ2n) is 4.30. The smallest absolute Gasteiger partial charge is 0.0243 e. The maximum Gasteiger partial charge on any atom is 0.0243 e. The molecule has 2 rings (SSSR count). The first-order valence-corrected chi connectivity index (χ1v) is 8.23. The van der Waals surface area contributed by atoms with E-state index in [9.17, 15) is 0 Å². The van der Waals surface area contributed by atoms with E-state index in [1.165, 1.54) is 20.5 Å². The van der Waals surface area contributed by atoms with Gasteiger partial charge in [0.05, 0.1) is 0 Å². The van der Waals surface area contributed by atoms with Crippen molar-refractivity contribution in [2.45, 2.75) is 24.1 Å². The second-order valence-corrected chi connectivity index (χ2v) is 6.21. The molecule has 0 fully saturated rings. The summed E-state index contributed by atoms with van der Waals surface area (Å²) < 4.78 is 1.19. The average molecular weight is 336 g/mol. The molecular weight excluding hydrogens is 318 g/mol. The van der Waals surface area contributed by atoms with Gasteiger partial charge >= 0.3 is 0 Å². The second kappa shape index (κ2) is 7.73. The van der Waals surface area contributed by atoms with E-state index in [1.807, 2.05) is 17.8 Å². The molecule has 0 unspecified atom stereocenters. The third kappa shape index (κ3) is 4.68. The van der Waals surface area contributed by atoms with Gasteiger partial charge in [0, 0.05) is 21.7 Å². The van der Waals surface area contributed by atoms with E-state index in [2.05, 4.69) is 70.6 Å². The van der Waals surface area contributed by atoms with Crippen LogP contribution in [0, 0.1) is 0 Å². The van der Waals surface area contributed by atoms with E-state index < -0.39 is 0 Å². The van der Waals surface area contributed by atoms with E-state index in [-0.39, 0.29) is 0 Å². The predicted molar refractivity (Wildman–Crippen MR) is 87.5 cm³/mol. The first kappa shape index (κ1) is 14.6. The van der Waals surface area contributed by atoms with Crippen molar-refractivity contribution in [3.63, 3.8) is 0 Å². The first-order valence-electron chi connectivity index (χ1n) is 6.45. The molecule has 3 heteroatoms. The van der Waals surface area contributed by atoms with Crippen LogP contribution in [0.4, 0.5) is 0 Å². The zero-order valence-electron chi connectivity index (χ0n) is 11.0. The molecule has 0 atom stereocenters. The fourth-order valence-electron chi connectivity index (χ4n) is 1.75. The molecule has 2 aromatic carbocycles. The van der Waals surface area contributed by atoms with Crippen molar-refractivity contribution >= 4 is 27.7 Å². The molecular formula is C16H18BrNS. The van der Waals surface area contributed by atoms with Gasteiger partial charge in [0.15, 0.2) is 0 Å². The van der Waals surface area contributed by atoms with E-state index in [0.717, 1.165) is 18.8 Å². The molecule has 2 aromatic rings. The fourth-order valence-corrected chi connectivity index (χ4v) is 3.26. The topological polar surface area (TPSA) is 12.0 Å². The van der Waals surface area contributed by atoms with Gasteiger partial charge in [0.2, 0.25) is 0 Å². The molecule has 0 saturated heterocycles. The van der Waals surface area contributed by atoms with E-state index in [4.69, 9.17) is 0 Å². The molecule has 1 N–H and O–H groups in total. The molecule has 0 aliphatic carbocycles. The molecule has 100 valence electrons. The van der Waals surface area contributed by atoms with Gasteiger partial charge in [-0.3, -0.25) is 0 Å². The highest BCUT2D eigenvalue weighted by Crippen LogP contribution is 2.26. The molecule has 0 heterocycles. The quantitative estimate of drug-likeness (QED) is 0.757. The average Bonchev–Trinajstić information content (AvgIpc) is 2.45. The zero-order valence-corrected chi connectivity index (χ0v) is 13.4. The summed E-state index contributed by atoms with van der Waals surface area (Å²) in [6.07, 6.45) is 0. The van der Waals surface area contributed by atoms with Crippen LogP contribution >= 0.6 is 27.7 Å². The summed E-state index contributed by atoms with van der Waals surface area (Å²) in [5, 5.41) is 3.34. The third-order valence-corrected chi connectivity index (χ3v) is 4.69. The van der Waals surface area contributed by atoms with Crippen LogP contribution in [0.15, 0.2) is 57.9 Å². The van der Waals surface area contributed by atoms with Crippen molar-refractivity contribution in [1.82, 2.24) is 5.32 Å². The highest BCUT2D eigenvalue weighted by Gasteiger charge is 2.00. The van der Waals surface area contributed by atoms with Crippen LogP contribution in [-0.4, -0.2) is 6.54 Å². The van der Waals surface area contributed by atoms with E-state index in [0.29, 0.717) is 0 Å². The van der Waals surface area contributed by atoms with Gasteiger partial charge in [-0.15, -0.1) is 11.8 Å². The number of halogens is 1. The van der Waals surface area contributed by atoms with Gasteiger partial charge in [0.25, 0.3) is 0 Å². The molecule has 0 spiro atoms. The highest BCUT2D eigenvalue weighted by atomic mass is 79.9. The van der Waals surface area contributed by atoms with Crippen molar-refractivity contribution < 1.29 is 0 Å². The maximum atomic E-state index is 3.59. The summed E-state index contributed by atoms with van der Waals surface area (Å²) in [5.74, 6) is 0.994. The van der Waals surface area contributed by atoms with Crippen LogP contribution in [0.5, 0.6) is 0 Å². The molecule has 0 aromatic heterocycles. The molecule has 0 saturated carbocycles. The van der Waals surface area contributed by atoms with Gasteiger partial charge in [-0.25, -0.2) is 0 Å². The molecule has 0 aliphatic rings. The van der Waals surface area contributed by atoms with Gasteiger partial charge in [0.1, 0.15) is 0 Å². The fraction of sp³-hybridized carbons (Fsp3) is 0.250. The van der Waals surface area contributed by atoms with E-state index in [1.54, 1.807) is 0 Å². The number of hydrogen-bond donors (Lipinski definition) is 1. The number of nitrogens with one attached hydrogen (secondary N) is 1. The molecule has 0 aliphatic heterocycles. The summed E-state index contributed by atoms with van der Waals surface area (Å²) in [6, 6.07) is 17.2. The lowest BCUT2D eigenvalue weighted by atomic mass is 10.2. The van der Waals surface area contributed by atoms with E-state index >= 15 is 0 Å². The zero-order chi connectivity index (χ0) is 13.5. The Balaban J connectivity index is 1.91. The largest absolute Gasteiger partial charge is 0.313 e. The van der Waals surface area contributed by atoms with Crippen LogP contribution in [0.1, 0.15) is 18.1 Å². The standard InChI is InChI=1S/C16H18BrNS/c1-2-18-11-13-7-9-15(10-8-13)19-12-14-5-3-4-6-16(14)17/h3-10,18H,2,11-12H2,1H3. The minimum Gasteiger partial charge on any atom is -0.313 e. The van der Waals surface area contributed by atoms with Crippen molar-refractivity contribution in [2.24, 2.45) is 0 Å². The Kier molecular flexibility index (Phi) is 5.95. The number of thioether (sulfide) groups is 1. The van der Waals surface area contributed by atoms with Gasteiger partial charge < -0.3 is 5.32 Å². The Morgan fingerprint density at radius 3 is 2.47 bits per heavy atom. The Morgan fingerprint density at radius 1 is 1.05 bits per heavy atom. The van der Waals surface area contributed by atoms with Gasteiger partial charge in [-0.2, -0.15) is 0 Å². The number of hydrogen-bond acceptors (Lipinski definition) is 2. The Labute approximate surface area is 127 Å². The maximum absolute atomic E-state index is 3.59. The van der Waals surface area contributed by atoms with Crippen molar-refractivity contribution in [2.75, 3.05) is 6.54 Å². The lowest BCUT2D eigenvalue weighted by Crippen LogP contribution is -2.11. The molecule has 0 amide bonds. The third-order valence-electron chi connectivity index (χ3n) is 2.85. The highest BCUT2D eigenvalue weighted by molar-refractivity contribution is 9.10. The SMILES string of the molecule is CCNCc1ccc(SCc2ccccc2Br)cc1. The van der Waals surface area contributed by atoms with Gasteiger partial charge in [-0.1, -0.05) is 53.2 Å². The lowest BCUT2D eigenvalue weighted by Gasteiger charge is -2.06. The normalized spacial score (nSPS) is 10.6. The summed E-state index contributed by atoms with van der Waals surface area (Å²) >= 11 is 5.46. The summed E-state index contributed by atoms with van der Waals surface area (Å²) in [4.78, 5) is 1.32. The summed E-state index contributed by atoms with van der Waals surface area (Å²) in [7, 11) is 0. The monoisotopic (exact) mass is 335 g/mol. The number of rotatable bonds is 6. The van der Waals surface area contributed by atoms with Crippen LogP contribution in [0.25, 0.3) is 0 Å². The molecule has 19 heavy (non-hydrogen) atoms. The van der Waals surface area contributed by atoms with Crippen LogP contribution in [-0.2, 0) is 12.3 Å². The Hall–Kier alpha value is -0.770. The molecule has 1 nitrogen and oxygen atoms in total. The molecule has 0 radical (unpaired) electrons. The summed E-state index contributed by atoms with van der Waals surface area (Å²) in [6.45, 7) is 4.09. The van der Waals surface area contributed by atoms with Crippen molar-refractivity contribution in [3.8, 4) is 0 Å². The summed E-state index contributed by atoms with van der Waals surface area (Å²) in [5.41, 5.74) is 2.68. The van der Waals surface area contributed by atoms with Crippen LogP contribution < -0.4 is 5.32 Å². The van der Waals surface area contributed by atoms with Crippen LogP contribution in [0.3, 0.4) is 0 Å². The lowest BCUT2D eigenvalue weighted by molar-refractivity contribution is 0.726. The van der Waals surface area contributed by atoms with Crippen molar-refractivity contribution in [3.05, 3.63) is 64.1 Å². The van der Waals surface area contributed by atoms with Crippen LogP contribution in [0.2, 0.25) is 0 Å². The predicted octanol–water partition coefficient (Wildman–Crippen LogP) is 4.85. The Bertz CT molecular complexity index is 510. The minimum absolute atomic E-state index is 0.950. The first-order chi connectivity index (χ1) is 9.29. The molecule has 0 bridgehead atoms. The number of benzene rings is 2. The minimum atomic E-state index is 0.950. The van der Waals surface area contributed by atoms with Crippen molar-refractivity contribution in [1.29, 1.82) is 0 Å².